The summed E-state index contributed by atoms with van der Waals surface area (Å²) in [6.45, 7) is 0. The van der Waals surface area contributed by atoms with Crippen molar-refractivity contribution in [2.75, 3.05) is 5.32 Å². The van der Waals surface area contributed by atoms with Gasteiger partial charge in [-0.2, -0.15) is 5.10 Å². The summed E-state index contributed by atoms with van der Waals surface area (Å²) >= 11 is 0. The first kappa shape index (κ1) is 10.3. The summed E-state index contributed by atoms with van der Waals surface area (Å²) in [4.78, 5) is 11.4. The SMILES string of the molecule is C#CCC(N)C(=O)Nc1ccnn1C. The molecule has 0 saturated carbocycles. The Balaban J connectivity index is 2.58. The molecule has 1 amide bonds. The van der Waals surface area contributed by atoms with E-state index in [1.807, 2.05) is 0 Å². The van der Waals surface area contributed by atoms with E-state index in [1.165, 1.54) is 0 Å². The number of nitrogens with zero attached hydrogens (tertiary/aromatic N) is 2. The number of rotatable bonds is 3. The molecule has 0 saturated heterocycles. The molecule has 74 valence electrons. The van der Waals surface area contributed by atoms with Crippen molar-refractivity contribution in [1.29, 1.82) is 0 Å². The van der Waals surface area contributed by atoms with Gasteiger partial charge in [0.05, 0.1) is 12.2 Å². The molecule has 5 nitrogen and oxygen atoms in total. The molecule has 0 spiro atoms. The number of anilines is 1. The second kappa shape index (κ2) is 4.44. The lowest BCUT2D eigenvalue weighted by Crippen LogP contribution is -2.35. The standard InChI is InChI=1S/C9H12N4O/c1-3-4-7(10)9(14)12-8-5-6-11-13(8)2/h1,5-7H,4,10H2,2H3,(H,12,14). The second-order valence-electron chi connectivity index (χ2n) is 2.84. The second-order valence-corrected chi connectivity index (χ2v) is 2.84. The van der Waals surface area contributed by atoms with Gasteiger partial charge in [-0.1, -0.05) is 0 Å². The fourth-order valence-electron chi connectivity index (χ4n) is 0.935. The van der Waals surface area contributed by atoms with Crippen LogP contribution in [0.3, 0.4) is 0 Å². The summed E-state index contributed by atoms with van der Waals surface area (Å²) in [7, 11) is 1.72. The first-order chi connectivity index (χ1) is 6.65. The van der Waals surface area contributed by atoms with Gasteiger partial charge in [-0.05, 0) is 0 Å². The van der Waals surface area contributed by atoms with E-state index in [0.29, 0.717) is 5.82 Å². The minimum Gasteiger partial charge on any atom is -0.319 e. The number of aryl methyl sites for hydroxylation is 1. The van der Waals surface area contributed by atoms with Gasteiger partial charge >= 0.3 is 0 Å². The number of hydrogen-bond donors (Lipinski definition) is 2. The van der Waals surface area contributed by atoms with Gasteiger partial charge in [-0.25, -0.2) is 0 Å². The van der Waals surface area contributed by atoms with Gasteiger partial charge in [0.1, 0.15) is 5.82 Å². The Hall–Kier alpha value is -1.80. The van der Waals surface area contributed by atoms with Crippen LogP contribution < -0.4 is 11.1 Å². The van der Waals surface area contributed by atoms with E-state index in [4.69, 9.17) is 12.2 Å². The zero-order valence-corrected chi connectivity index (χ0v) is 7.90. The van der Waals surface area contributed by atoms with Crippen LogP contribution in [0.25, 0.3) is 0 Å². The molecule has 1 atom stereocenters. The van der Waals surface area contributed by atoms with E-state index >= 15 is 0 Å². The van der Waals surface area contributed by atoms with E-state index in [-0.39, 0.29) is 12.3 Å². The number of hydrogen-bond acceptors (Lipinski definition) is 3. The molecule has 0 radical (unpaired) electrons. The Kier molecular flexibility index (Phi) is 3.26. The minimum atomic E-state index is -0.671. The molecule has 0 aliphatic heterocycles. The third-order valence-corrected chi connectivity index (χ3v) is 1.75. The van der Waals surface area contributed by atoms with Gasteiger partial charge in [0, 0.05) is 19.5 Å². The monoisotopic (exact) mass is 192 g/mol. The molecule has 3 N–H and O–H groups in total. The molecule has 0 bridgehead atoms. The highest BCUT2D eigenvalue weighted by molar-refractivity contribution is 5.94. The molecule has 5 heteroatoms. The van der Waals surface area contributed by atoms with Crippen molar-refractivity contribution in [3.05, 3.63) is 12.3 Å². The molecule has 1 heterocycles. The summed E-state index contributed by atoms with van der Waals surface area (Å²) in [6.07, 6.45) is 6.85. The van der Waals surface area contributed by atoms with Crippen LogP contribution in [0, 0.1) is 12.3 Å². The van der Waals surface area contributed by atoms with E-state index in [9.17, 15) is 4.79 Å². The molecule has 0 aliphatic carbocycles. The van der Waals surface area contributed by atoms with E-state index in [0.717, 1.165) is 0 Å². The lowest BCUT2D eigenvalue weighted by atomic mass is 10.2. The van der Waals surface area contributed by atoms with Gasteiger partial charge in [0.25, 0.3) is 0 Å². The minimum absolute atomic E-state index is 0.226. The molecule has 1 unspecified atom stereocenters. The number of carbonyl (C=O) groups excluding carboxylic acids is 1. The zero-order valence-electron chi connectivity index (χ0n) is 7.90. The number of nitrogens with two attached hydrogens (primary N) is 1. The highest BCUT2D eigenvalue weighted by Crippen LogP contribution is 2.03. The van der Waals surface area contributed by atoms with Gasteiger partial charge in [-0.3, -0.25) is 9.48 Å². The number of carbonyl (C=O) groups is 1. The predicted octanol–water partition coefficient (Wildman–Crippen LogP) is -0.291. The largest absolute Gasteiger partial charge is 0.319 e. The van der Waals surface area contributed by atoms with E-state index < -0.39 is 6.04 Å². The van der Waals surface area contributed by atoms with Crippen LogP contribution >= 0.6 is 0 Å². The Morgan fingerprint density at radius 3 is 3.14 bits per heavy atom. The molecule has 0 fully saturated rings. The maximum Gasteiger partial charge on any atom is 0.243 e. The third kappa shape index (κ3) is 2.34. The smallest absolute Gasteiger partial charge is 0.243 e. The fourth-order valence-corrected chi connectivity index (χ4v) is 0.935. The van der Waals surface area contributed by atoms with Crippen LogP contribution in [0.15, 0.2) is 12.3 Å². The van der Waals surface area contributed by atoms with Crippen molar-refractivity contribution < 1.29 is 4.79 Å². The topological polar surface area (TPSA) is 72.9 Å². The van der Waals surface area contributed by atoms with Crippen LogP contribution in [-0.4, -0.2) is 21.7 Å². The maximum atomic E-state index is 11.4. The number of amides is 1. The first-order valence-electron chi connectivity index (χ1n) is 4.13. The Labute approximate surface area is 82.3 Å². The summed E-state index contributed by atoms with van der Waals surface area (Å²) in [5.74, 6) is 2.63. The van der Waals surface area contributed by atoms with Crippen LogP contribution in [0.5, 0.6) is 0 Å². The Bertz CT molecular complexity index is 363. The zero-order chi connectivity index (χ0) is 10.6. The molecule has 1 rings (SSSR count). The lowest BCUT2D eigenvalue weighted by Gasteiger charge is -2.09. The fraction of sp³-hybridized carbons (Fsp3) is 0.333. The van der Waals surface area contributed by atoms with Crippen LogP contribution in [0.1, 0.15) is 6.42 Å². The van der Waals surface area contributed by atoms with Gasteiger partial charge in [0.15, 0.2) is 0 Å². The van der Waals surface area contributed by atoms with Crippen LogP contribution in [0.4, 0.5) is 5.82 Å². The first-order valence-corrected chi connectivity index (χ1v) is 4.13. The molecule has 0 aliphatic rings. The van der Waals surface area contributed by atoms with Crippen molar-refractivity contribution in [3.8, 4) is 12.3 Å². The average Bonchev–Trinajstić information content (AvgIpc) is 2.52. The summed E-state index contributed by atoms with van der Waals surface area (Å²) in [5, 5.41) is 6.51. The average molecular weight is 192 g/mol. The van der Waals surface area contributed by atoms with E-state index in [2.05, 4.69) is 16.3 Å². The van der Waals surface area contributed by atoms with Crippen molar-refractivity contribution in [2.24, 2.45) is 12.8 Å². The summed E-state index contributed by atoms with van der Waals surface area (Å²) in [5.41, 5.74) is 5.51. The highest BCUT2D eigenvalue weighted by Gasteiger charge is 2.13. The lowest BCUT2D eigenvalue weighted by molar-refractivity contribution is -0.117. The van der Waals surface area contributed by atoms with Crippen LogP contribution in [-0.2, 0) is 11.8 Å². The quantitative estimate of drug-likeness (QED) is 0.646. The predicted molar refractivity (Wildman–Crippen MR) is 53.3 cm³/mol. The molecule has 0 aromatic carbocycles. The molecular formula is C9H12N4O. The number of nitrogens with one attached hydrogen (secondary N) is 1. The molecular weight excluding hydrogens is 180 g/mol. The van der Waals surface area contributed by atoms with Crippen molar-refractivity contribution in [1.82, 2.24) is 9.78 Å². The Morgan fingerprint density at radius 1 is 1.93 bits per heavy atom. The number of aromatic nitrogens is 2. The maximum absolute atomic E-state index is 11.4. The van der Waals surface area contributed by atoms with Crippen molar-refractivity contribution >= 4 is 11.7 Å². The summed E-state index contributed by atoms with van der Waals surface area (Å²) in [6, 6.07) is 1.01. The highest BCUT2D eigenvalue weighted by atomic mass is 16.2. The molecule has 1 aromatic heterocycles. The van der Waals surface area contributed by atoms with Gasteiger partial charge in [-0.15, -0.1) is 12.3 Å². The van der Waals surface area contributed by atoms with Crippen molar-refractivity contribution in [2.45, 2.75) is 12.5 Å². The normalized spacial score (nSPS) is 11.8. The van der Waals surface area contributed by atoms with Crippen LogP contribution in [0.2, 0.25) is 0 Å². The summed E-state index contributed by atoms with van der Waals surface area (Å²) < 4.78 is 1.54. The molecule has 1 aromatic rings. The molecule has 14 heavy (non-hydrogen) atoms. The van der Waals surface area contributed by atoms with Gasteiger partial charge < -0.3 is 11.1 Å². The third-order valence-electron chi connectivity index (χ3n) is 1.75. The number of terminal acetylenes is 1. The van der Waals surface area contributed by atoms with E-state index in [1.54, 1.807) is 24.0 Å². The van der Waals surface area contributed by atoms with Gasteiger partial charge in [0.2, 0.25) is 5.91 Å². The Morgan fingerprint density at radius 2 is 2.64 bits per heavy atom. The van der Waals surface area contributed by atoms with Crippen molar-refractivity contribution in [3.63, 3.8) is 0 Å².